The van der Waals surface area contributed by atoms with Gasteiger partial charge in [0.25, 0.3) is 0 Å². The van der Waals surface area contributed by atoms with Crippen LogP contribution in [0, 0.1) is 0 Å². The summed E-state index contributed by atoms with van der Waals surface area (Å²) in [6.07, 6.45) is 6.05. The van der Waals surface area contributed by atoms with Crippen molar-refractivity contribution in [2.24, 2.45) is 7.05 Å². The predicted octanol–water partition coefficient (Wildman–Crippen LogP) is 1.75. The van der Waals surface area contributed by atoms with Crippen LogP contribution in [0.1, 0.15) is 33.1 Å². The molecule has 1 amide bonds. The Balaban J connectivity index is 1.84. The first-order valence-corrected chi connectivity index (χ1v) is 7.58. The van der Waals surface area contributed by atoms with Crippen molar-refractivity contribution < 1.29 is 14.3 Å². The summed E-state index contributed by atoms with van der Waals surface area (Å²) in [7, 11) is 1.85. The Morgan fingerprint density at radius 1 is 1.52 bits per heavy atom. The molecule has 6 heteroatoms. The molecule has 2 rings (SSSR count). The summed E-state index contributed by atoms with van der Waals surface area (Å²) in [5.41, 5.74) is 0.837. The summed E-state index contributed by atoms with van der Waals surface area (Å²) in [6, 6.07) is 0.102. The number of nitrogens with zero attached hydrogens (tertiary/aromatic N) is 3. The lowest BCUT2D eigenvalue weighted by Gasteiger charge is -2.26. The van der Waals surface area contributed by atoms with Crippen LogP contribution in [0.2, 0.25) is 0 Å². The van der Waals surface area contributed by atoms with E-state index in [1.165, 1.54) is 0 Å². The van der Waals surface area contributed by atoms with Gasteiger partial charge in [-0.15, -0.1) is 0 Å². The number of hydrogen-bond acceptors (Lipinski definition) is 4. The third-order valence-electron chi connectivity index (χ3n) is 3.59. The first-order valence-electron chi connectivity index (χ1n) is 7.58. The summed E-state index contributed by atoms with van der Waals surface area (Å²) in [4.78, 5) is 14.2. The highest BCUT2D eigenvalue weighted by atomic mass is 16.5. The quantitative estimate of drug-likeness (QED) is 0.802. The summed E-state index contributed by atoms with van der Waals surface area (Å²) in [6.45, 7) is 5.99. The van der Waals surface area contributed by atoms with E-state index in [9.17, 15) is 4.79 Å². The van der Waals surface area contributed by atoms with Crippen molar-refractivity contribution in [2.75, 3.05) is 24.7 Å². The van der Waals surface area contributed by atoms with Crippen LogP contribution in [0.15, 0.2) is 12.4 Å². The van der Waals surface area contributed by atoms with Gasteiger partial charge in [-0.3, -0.25) is 9.48 Å². The molecule has 0 spiro atoms. The van der Waals surface area contributed by atoms with Gasteiger partial charge in [-0.1, -0.05) is 0 Å². The van der Waals surface area contributed by atoms with Crippen LogP contribution >= 0.6 is 0 Å². The molecule has 1 saturated heterocycles. The Labute approximate surface area is 126 Å². The van der Waals surface area contributed by atoms with Gasteiger partial charge in [0.05, 0.1) is 31.0 Å². The number of anilines is 1. The van der Waals surface area contributed by atoms with Gasteiger partial charge in [0.1, 0.15) is 0 Å². The van der Waals surface area contributed by atoms with Gasteiger partial charge >= 0.3 is 0 Å². The number of amides is 1. The van der Waals surface area contributed by atoms with E-state index in [4.69, 9.17) is 9.47 Å². The van der Waals surface area contributed by atoms with Crippen molar-refractivity contribution in [3.05, 3.63) is 12.4 Å². The molecule has 1 fully saturated rings. The standard InChI is InChI=1S/C15H25N3O3/c1-12(2)18(13-10-16-17(3)11-13)15(19)6-9-21-14-4-7-20-8-5-14/h10-12,14H,4-9H2,1-3H3. The smallest absolute Gasteiger partial charge is 0.229 e. The van der Waals surface area contributed by atoms with Crippen LogP contribution in [0.4, 0.5) is 5.69 Å². The Hall–Kier alpha value is -1.40. The van der Waals surface area contributed by atoms with Crippen molar-refractivity contribution in [3.63, 3.8) is 0 Å². The van der Waals surface area contributed by atoms with E-state index in [0.29, 0.717) is 13.0 Å². The third kappa shape index (κ3) is 4.54. The second kappa shape index (κ2) is 7.56. The molecule has 0 aromatic carbocycles. The van der Waals surface area contributed by atoms with E-state index in [2.05, 4.69) is 5.10 Å². The van der Waals surface area contributed by atoms with Gasteiger partial charge in [0, 0.05) is 32.5 Å². The molecule has 6 nitrogen and oxygen atoms in total. The fourth-order valence-corrected chi connectivity index (χ4v) is 2.54. The molecular weight excluding hydrogens is 270 g/mol. The maximum atomic E-state index is 12.4. The number of rotatable bonds is 6. The maximum absolute atomic E-state index is 12.4. The average Bonchev–Trinajstić information content (AvgIpc) is 2.86. The van der Waals surface area contributed by atoms with Gasteiger partial charge in [0.2, 0.25) is 5.91 Å². The molecule has 0 bridgehead atoms. The molecule has 0 unspecified atom stereocenters. The van der Waals surface area contributed by atoms with Gasteiger partial charge < -0.3 is 14.4 Å². The average molecular weight is 295 g/mol. The molecule has 0 radical (unpaired) electrons. The molecule has 1 aliphatic rings. The van der Waals surface area contributed by atoms with E-state index in [1.807, 2.05) is 27.1 Å². The molecule has 1 aromatic rings. The van der Waals surface area contributed by atoms with Crippen molar-refractivity contribution >= 4 is 11.6 Å². The largest absolute Gasteiger partial charge is 0.381 e. The van der Waals surface area contributed by atoms with E-state index in [1.54, 1.807) is 15.8 Å². The second-order valence-electron chi connectivity index (χ2n) is 5.66. The molecule has 2 heterocycles. The van der Waals surface area contributed by atoms with Gasteiger partial charge in [0.15, 0.2) is 0 Å². The summed E-state index contributed by atoms with van der Waals surface area (Å²) in [5, 5.41) is 4.13. The molecule has 1 aromatic heterocycles. The molecular formula is C15H25N3O3. The topological polar surface area (TPSA) is 56.6 Å². The van der Waals surface area contributed by atoms with Crippen molar-refractivity contribution in [1.29, 1.82) is 0 Å². The molecule has 0 aliphatic carbocycles. The Morgan fingerprint density at radius 3 is 2.81 bits per heavy atom. The highest BCUT2D eigenvalue weighted by molar-refractivity contribution is 5.93. The normalized spacial score (nSPS) is 16.4. The lowest BCUT2D eigenvalue weighted by molar-refractivity contribution is -0.121. The third-order valence-corrected chi connectivity index (χ3v) is 3.59. The van der Waals surface area contributed by atoms with E-state index < -0.39 is 0 Å². The molecule has 0 atom stereocenters. The Kier molecular flexibility index (Phi) is 5.76. The molecule has 118 valence electrons. The minimum Gasteiger partial charge on any atom is -0.381 e. The number of aryl methyl sites for hydroxylation is 1. The van der Waals surface area contributed by atoms with Crippen LogP contribution < -0.4 is 4.90 Å². The van der Waals surface area contributed by atoms with Crippen molar-refractivity contribution in [2.45, 2.75) is 45.3 Å². The Morgan fingerprint density at radius 2 is 2.24 bits per heavy atom. The number of aromatic nitrogens is 2. The Bertz CT molecular complexity index is 453. The highest BCUT2D eigenvalue weighted by Crippen LogP contribution is 2.17. The lowest BCUT2D eigenvalue weighted by atomic mass is 10.1. The monoisotopic (exact) mass is 295 g/mol. The van der Waals surface area contributed by atoms with Crippen LogP contribution in [0.25, 0.3) is 0 Å². The lowest BCUT2D eigenvalue weighted by Crippen LogP contribution is -2.37. The number of carbonyl (C=O) groups excluding carboxylic acids is 1. The summed E-state index contributed by atoms with van der Waals surface area (Å²) in [5.74, 6) is 0.0741. The minimum absolute atomic E-state index is 0.0741. The summed E-state index contributed by atoms with van der Waals surface area (Å²) < 4.78 is 12.8. The first-order chi connectivity index (χ1) is 10.1. The molecule has 0 N–H and O–H groups in total. The van der Waals surface area contributed by atoms with Crippen molar-refractivity contribution in [3.8, 4) is 0 Å². The molecule has 21 heavy (non-hydrogen) atoms. The zero-order chi connectivity index (χ0) is 15.2. The van der Waals surface area contributed by atoms with Crippen LogP contribution in [0.3, 0.4) is 0 Å². The van der Waals surface area contributed by atoms with Crippen LogP contribution in [0.5, 0.6) is 0 Å². The number of ether oxygens (including phenoxy) is 2. The zero-order valence-corrected chi connectivity index (χ0v) is 13.1. The van der Waals surface area contributed by atoms with E-state index >= 15 is 0 Å². The van der Waals surface area contributed by atoms with E-state index in [0.717, 1.165) is 31.7 Å². The number of hydrogen-bond donors (Lipinski definition) is 0. The van der Waals surface area contributed by atoms with Gasteiger partial charge in [-0.05, 0) is 26.7 Å². The predicted molar refractivity (Wildman–Crippen MR) is 80.2 cm³/mol. The number of carbonyl (C=O) groups is 1. The second-order valence-corrected chi connectivity index (χ2v) is 5.66. The van der Waals surface area contributed by atoms with Gasteiger partial charge in [-0.2, -0.15) is 5.10 Å². The highest BCUT2D eigenvalue weighted by Gasteiger charge is 2.21. The minimum atomic E-state index is 0.0741. The van der Waals surface area contributed by atoms with Crippen LogP contribution in [-0.2, 0) is 21.3 Å². The zero-order valence-electron chi connectivity index (χ0n) is 13.1. The van der Waals surface area contributed by atoms with Crippen molar-refractivity contribution in [1.82, 2.24) is 9.78 Å². The fraction of sp³-hybridized carbons (Fsp3) is 0.733. The SMILES string of the molecule is CC(C)N(C(=O)CCOC1CCOCC1)c1cnn(C)c1. The molecule has 1 aliphatic heterocycles. The summed E-state index contributed by atoms with van der Waals surface area (Å²) >= 11 is 0. The van der Waals surface area contributed by atoms with E-state index in [-0.39, 0.29) is 18.1 Å². The first kappa shape index (κ1) is 16.0. The molecule has 0 saturated carbocycles. The fourth-order valence-electron chi connectivity index (χ4n) is 2.54. The van der Waals surface area contributed by atoms with Gasteiger partial charge in [-0.25, -0.2) is 0 Å². The van der Waals surface area contributed by atoms with Crippen LogP contribution in [-0.4, -0.2) is 47.7 Å². The maximum Gasteiger partial charge on any atom is 0.229 e.